The summed E-state index contributed by atoms with van der Waals surface area (Å²) < 4.78 is 26.3. The van der Waals surface area contributed by atoms with Crippen LogP contribution in [0.1, 0.15) is 5.56 Å². The van der Waals surface area contributed by atoms with Crippen molar-refractivity contribution in [2.45, 2.75) is 11.9 Å². The van der Waals surface area contributed by atoms with Crippen LogP contribution in [0.5, 0.6) is 0 Å². The van der Waals surface area contributed by atoms with E-state index in [0.29, 0.717) is 5.56 Å². The first kappa shape index (κ1) is 14.3. The molecule has 2 aromatic rings. The van der Waals surface area contributed by atoms with Gasteiger partial charge in [-0.1, -0.05) is 11.6 Å². The molecule has 0 atom stereocenters. The van der Waals surface area contributed by atoms with Gasteiger partial charge in [-0.05, 0) is 18.6 Å². The third-order valence-corrected chi connectivity index (χ3v) is 4.09. The molecule has 1 aromatic heterocycles. The van der Waals surface area contributed by atoms with Crippen molar-refractivity contribution in [1.29, 1.82) is 0 Å². The van der Waals surface area contributed by atoms with Crippen molar-refractivity contribution in [3.8, 4) is 0 Å². The fourth-order valence-corrected chi connectivity index (χ4v) is 2.77. The quantitative estimate of drug-likeness (QED) is 0.661. The topological polar surface area (TPSA) is 118 Å². The summed E-state index contributed by atoms with van der Waals surface area (Å²) in [5.74, 6) is 0. The summed E-state index contributed by atoms with van der Waals surface area (Å²) >= 11 is 5.75. The highest BCUT2D eigenvalue weighted by Gasteiger charge is 2.20. The highest BCUT2D eigenvalue weighted by atomic mass is 35.5. The monoisotopic (exact) mass is 316 g/mol. The van der Waals surface area contributed by atoms with Crippen molar-refractivity contribution in [3.05, 3.63) is 45.4 Å². The van der Waals surface area contributed by atoms with Crippen LogP contribution in [0.2, 0.25) is 5.02 Å². The largest absolute Gasteiger partial charge is 0.334 e. The number of nitrogens with one attached hydrogen (secondary N) is 2. The van der Waals surface area contributed by atoms with Gasteiger partial charge in [0.1, 0.15) is 5.02 Å². The summed E-state index contributed by atoms with van der Waals surface area (Å²) in [5, 5.41) is 10.5. The molecule has 8 nitrogen and oxygen atoms in total. The summed E-state index contributed by atoms with van der Waals surface area (Å²) in [6.45, 7) is 1.54. The van der Waals surface area contributed by atoms with Gasteiger partial charge in [0.2, 0.25) is 0 Å². The van der Waals surface area contributed by atoms with Crippen LogP contribution in [0.4, 0.5) is 11.4 Å². The zero-order chi connectivity index (χ0) is 14.9. The molecule has 0 aliphatic heterocycles. The third-order valence-electron chi connectivity index (χ3n) is 2.50. The van der Waals surface area contributed by atoms with Gasteiger partial charge in [-0.25, -0.2) is 4.98 Å². The van der Waals surface area contributed by atoms with Crippen LogP contribution in [0, 0.1) is 17.0 Å². The van der Waals surface area contributed by atoms with Crippen LogP contribution in [0.3, 0.4) is 0 Å². The average Bonchev–Trinajstić information content (AvgIpc) is 2.87. The smallest absolute Gasteiger partial charge is 0.288 e. The number of aromatic nitrogens is 2. The van der Waals surface area contributed by atoms with Gasteiger partial charge in [-0.2, -0.15) is 8.42 Å². The van der Waals surface area contributed by atoms with E-state index in [9.17, 15) is 18.5 Å². The Bertz CT molecular complexity index is 758. The van der Waals surface area contributed by atoms with Crippen LogP contribution in [-0.2, 0) is 10.0 Å². The molecule has 0 unspecified atom stereocenters. The minimum atomic E-state index is -3.84. The number of imidazole rings is 1. The highest BCUT2D eigenvalue weighted by molar-refractivity contribution is 7.92. The van der Waals surface area contributed by atoms with E-state index < -0.39 is 14.9 Å². The second-order valence-electron chi connectivity index (χ2n) is 3.90. The van der Waals surface area contributed by atoms with E-state index in [-0.39, 0.29) is 21.4 Å². The molecule has 0 saturated carbocycles. The van der Waals surface area contributed by atoms with Crippen LogP contribution < -0.4 is 4.72 Å². The number of aromatic amines is 1. The number of rotatable bonds is 4. The Balaban J connectivity index is 2.41. The first-order valence-corrected chi connectivity index (χ1v) is 7.13. The number of H-pyrrole nitrogens is 1. The second-order valence-corrected chi connectivity index (χ2v) is 5.96. The Labute approximate surface area is 119 Å². The van der Waals surface area contributed by atoms with E-state index in [2.05, 4.69) is 14.7 Å². The number of benzene rings is 1. The first-order valence-electron chi connectivity index (χ1n) is 5.27. The van der Waals surface area contributed by atoms with Crippen molar-refractivity contribution in [2.75, 3.05) is 4.72 Å². The third kappa shape index (κ3) is 2.73. The molecule has 0 bridgehead atoms. The Morgan fingerprint density at radius 1 is 1.45 bits per heavy atom. The standard InChI is InChI=1S/C10H9ClN4O4S/c1-6-2-9(15(16)17)7(11)3-8(6)14-20(18,19)10-4-12-5-13-10/h2-5,14H,1H3,(H,12,13). The van der Waals surface area contributed by atoms with Crippen molar-refractivity contribution < 1.29 is 13.3 Å². The number of hydrogen-bond acceptors (Lipinski definition) is 5. The molecule has 2 N–H and O–H groups in total. The summed E-state index contributed by atoms with van der Waals surface area (Å²) in [6, 6.07) is 2.40. The Morgan fingerprint density at radius 3 is 2.70 bits per heavy atom. The molecule has 10 heteroatoms. The first-order chi connectivity index (χ1) is 9.31. The van der Waals surface area contributed by atoms with E-state index in [4.69, 9.17) is 11.6 Å². The molecule has 1 heterocycles. The van der Waals surface area contributed by atoms with E-state index in [1.807, 2.05) is 0 Å². The summed E-state index contributed by atoms with van der Waals surface area (Å²) in [7, 11) is -3.84. The van der Waals surface area contributed by atoms with Crippen LogP contribution >= 0.6 is 11.6 Å². The van der Waals surface area contributed by atoms with Crippen molar-refractivity contribution in [2.24, 2.45) is 0 Å². The van der Waals surface area contributed by atoms with Gasteiger partial charge in [0.15, 0.2) is 5.03 Å². The van der Waals surface area contributed by atoms with Gasteiger partial charge in [-0.3, -0.25) is 14.8 Å². The van der Waals surface area contributed by atoms with E-state index in [0.717, 1.165) is 6.20 Å². The summed E-state index contributed by atoms with van der Waals surface area (Å²) in [4.78, 5) is 16.2. The van der Waals surface area contributed by atoms with Crippen molar-refractivity contribution >= 4 is 33.0 Å². The Hall–Kier alpha value is -2.13. The molecule has 0 fully saturated rings. The molecule has 0 aliphatic rings. The number of nitrogens with zero attached hydrogens (tertiary/aromatic N) is 2. The molecule has 20 heavy (non-hydrogen) atoms. The maximum Gasteiger partial charge on any atom is 0.288 e. The molecular weight excluding hydrogens is 308 g/mol. The van der Waals surface area contributed by atoms with Gasteiger partial charge in [0, 0.05) is 6.07 Å². The molecule has 2 rings (SSSR count). The minimum Gasteiger partial charge on any atom is -0.334 e. The molecule has 106 valence electrons. The highest BCUT2D eigenvalue weighted by Crippen LogP contribution is 2.31. The second kappa shape index (κ2) is 5.10. The van der Waals surface area contributed by atoms with Gasteiger partial charge >= 0.3 is 0 Å². The maximum absolute atomic E-state index is 12.0. The zero-order valence-electron chi connectivity index (χ0n) is 10.1. The van der Waals surface area contributed by atoms with E-state index in [1.54, 1.807) is 0 Å². The van der Waals surface area contributed by atoms with Crippen molar-refractivity contribution in [1.82, 2.24) is 9.97 Å². The van der Waals surface area contributed by atoms with Gasteiger partial charge in [0.05, 0.1) is 23.1 Å². The fraction of sp³-hybridized carbons (Fsp3) is 0.100. The van der Waals surface area contributed by atoms with E-state index >= 15 is 0 Å². The van der Waals surface area contributed by atoms with Gasteiger partial charge in [0.25, 0.3) is 15.7 Å². The molecule has 0 amide bonds. The molecule has 1 aromatic carbocycles. The zero-order valence-corrected chi connectivity index (χ0v) is 11.7. The SMILES string of the molecule is Cc1cc([N+](=O)[O-])c(Cl)cc1NS(=O)(=O)c1cnc[nH]1. The number of anilines is 1. The molecule has 0 aliphatic carbocycles. The molecule has 0 spiro atoms. The van der Waals surface area contributed by atoms with Crippen LogP contribution in [-0.4, -0.2) is 23.3 Å². The van der Waals surface area contributed by atoms with Crippen LogP contribution in [0.25, 0.3) is 0 Å². The normalized spacial score (nSPS) is 11.3. The summed E-state index contributed by atoms with van der Waals surface area (Å²) in [5.41, 5.74) is 0.257. The number of hydrogen-bond donors (Lipinski definition) is 2. The molecular formula is C10H9ClN4O4S. The van der Waals surface area contributed by atoms with Gasteiger partial charge in [-0.15, -0.1) is 0 Å². The fourth-order valence-electron chi connectivity index (χ4n) is 1.51. The minimum absolute atomic E-state index is 0.119. The lowest BCUT2D eigenvalue weighted by Crippen LogP contribution is -2.14. The Morgan fingerprint density at radius 2 is 2.15 bits per heavy atom. The number of nitro benzene ring substituents is 1. The lowest BCUT2D eigenvalue weighted by Gasteiger charge is -2.09. The summed E-state index contributed by atoms with van der Waals surface area (Å²) in [6.07, 6.45) is 2.37. The van der Waals surface area contributed by atoms with Crippen molar-refractivity contribution in [3.63, 3.8) is 0 Å². The Kier molecular flexibility index (Phi) is 3.64. The van der Waals surface area contributed by atoms with E-state index in [1.165, 1.54) is 25.4 Å². The molecule has 0 saturated heterocycles. The molecule has 0 radical (unpaired) electrons. The average molecular weight is 317 g/mol. The number of sulfonamides is 1. The predicted molar refractivity (Wildman–Crippen MR) is 72.2 cm³/mol. The number of nitro groups is 1. The van der Waals surface area contributed by atoms with Gasteiger partial charge < -0.3 is 4.98 Å². The number of halogens is 1. The predicted octanol–water partition coefficient (Wildman–Crippen LogP) is 2.08. The maximum atomic E-state index is 12.0. The lowest BCUT2D eigenvalue weighted by molar-refractivity contribution is -0.384. The van der Waals surface area contributed by atoms with Crippen LogP contribution in [0.15, 0.2) is 29.7 Å². The number of aryl methyl sites for hydroxylation is 1. The lowest BCUT2D eigenvalue weighted by atomic mass is 10.2.